The van der Waals surface area contributed by atoms with E-state index in [1.807, 2.05) is 13.2 Å². The summed E-state index contributed by atoms with van der Waals surface area (Å²) in [7, 11) is 0. The molecule has 2 aliphatic heterocycles. The van der Waals surface area contributed by atoms with Gasteiger partial charge in [-0.05, 0) is 25.3 Å². The average Bonchev–Trinajstić information content (AvgIpc) is 2.92. The van der Waals surface area contributed by atoms with E-state index in [-0.39, 0.29) is 17.6 Å². The van der Waals surface area contributed by atoms with Crippen molar-refractivity contribution in [3.05, 3.63) is 29.6 Å². The Morgan fingerprint density at radius 3 is 3.00 bits per heavy atom. The SMILES string of the molecule is CSc1cccc(F)c1C(=O)N1C[C@@H](C)O[C@@]2(CCOC2)C1. The van der Waals surface area contributed by atoms with E-state index in [1.165, 1.54) is 17.8 Å². The van der Waals surface area contributed by atoms with Crippen LogP contribution in [0.25, 0.3) is 0 Å². The highest BCUT2D eigenvalue weighted by Crippen LogP contribution is 2.32. The Bertz CT molecular complexity index is 575. The smallest absolute Gasteiger partial charge is 0.258 e. The summed E-state index contributed by atoms with van der Waals surface area (Å²) in [5.74, 6) is -0.725. The number of hydrogen-bond acceptors (Lipinski definition) is 4. The van der Waals surface area contributed by atoms with Crippen molar-refractivity contribution in [1.82, 2.24) is 4.90 Å². The van der Waals surface area contributed by atoms with Crippen molar-refractivity contribution in [2.45, 2.75) is 29.9 Å². The summed E-state index contributed by atoms with van der Waals surface area (Å²) in [6, 6.07) is 4.75. The van der Waals surface area contributed by atoms with Gasteiger partial charge in [0.25, 0.3) is 5.91 Å². The number of thioether (sulfide) groups is 1. The monoisotopic (exact) mass is 325 g/mol. The maximum absolute atomic E-state index is 14.2. The number of rotatable bonds is 2. The summed E-state index contributed by atoms with van der Waals surface area (Å²) >= 11 is 1.38. The molecule has 0 aromatic heterocycles. The molecule has 2 saturated heterocycles. The van der Waals surface area contributed by atoms with Gasteiger partial charge >= 0.3 is 0 Å². The molecule has 6 heteroatoms. The summed E-state index contributed by atoms with van der Waals surface area (Å²) in [5, 5.41) is 0. The molecule has 0 N–H and O–H groups in total. The number of carbonyl (C=O) groups is 1. The number of halogens is 1. The Kier molecular flexibility index (Phi) is 4.43. The van der Waals surface area contributed by atoms with E-state index >= 15 is 0 Å². The third kappa shape index (κ3) is 2.87. The van der Waals surface area contributed by atoms with Gasteiger partial charge in [0.05, 0.1) is 24.8 Å². The average molecular weight is 325 g/mol. The lowest BCUT2D eigenvalue weighted by Gasteiger charge is -2.43. The third-order valence-electron chi connectivity index (χ3n) is 4.17. The molecule has 2 heterocycles. The van der Waals surface area contributed by atoms with Gasteiger partial charge in [-0.25, -0.2) is 4.39 Å². The van der Waals surface area contributed by atoms with E-state index in [2.05, 4.69) is 0 Å². The van der Waals surface area contributed by atoms with Crippen LogP contribution in [0.3, 0.4) is 0 Å². The zero-order valence-electron chi connectivity index (χ0n) is 12.8. The second-order valence-corrected chi connectivity index (χ2v) is 6.76. The predicted octanol–water partition coefficient (Wildman–Crippen LogP) is 2.57. The van der Waals surface area contributed by atoms with Crippen LogP contribution in [-0.2, 0) is 9.47 Å². The van der Waals surface area contributed by atoms with E-state index in [4.69, 9.17) is 9.47 Å². The molecule has 0 bridgehead atoms. The molecular weight excluding hydrogens is 305 g/mol. The minimum Gasteiger partial charge on any atom is -0.378 e. The van der Waals surface area contributed by atoms with E-state index < -0.39 is 11.4 Å². The Morgan fingerprint density at radius 1 is 1.50 bits per heavy atom. The van der Waals surface area contributed by atoms with Gasteiger partial charge < -0.3 is 14.4 Å². The zero-order chi connectivity index (χ0) is 15.7. The number of nitrogens with zero attached hydrogens (tertiary/aromatic N) is 1. The van der Waals surface area contributed by atoms with Crippen LogP contribution < -0.4 is 0 Å². The molecule has 1 aromatic carbocycles. The van der Waals surface area contributed by atoms with Gasteiger partial charge in [-0.2, -0.15) is 0 Å². The summed E-state index contributed by atoms with van der Waals surface area (Å²) in [6.45, 7) is 4.01. The molecule has 0 aliphatic carbocycles. The van der Waals surface area contributed by atoms with Crippen LogP contribution in [0.5, 0.6) is 0 Å². The van der Waals surface area contributed by atoms with Gasteiger partial charge in [-0.15, -0.1) is 11.8 Å². The molecule has 0 unspecified atom stereocenters. The summed E-state index contributed by atoms with van der Waals surface area (Å²) < 4.78 is 25.7. The number of benzene rings is 1. The molecule has 1 amide bonds. The van der Waals surface area contributed by atoms with E-state index in [0.29, 0.717) is 31.2 Å². The Labute approximate surface area is 134 Å². The molecule has 2 atom stereocenters. The number of hydrogen-bond donors (Lipinski definition) is 0. The molecular formula is C16H20FNO3S. The molecule has 3 rings (SSSR count). The van der Waals surface area contributed by atoms with Crippen LogP contribution in [0, 0.1) is 5.82 Å². The molecule has 4 nitrogen and oxygen atoms in total. The molecule has 120 valence electrons. The summed E-state index contributed by atoms with van der Waals surface area (Å²) in [6.07, 6.45) is 2.54. The Hall–Kier alpha value is -1.11. The van der Waals surface area contributed by atoms with Crippen LogP contribution in [0.15, 0.2) is 23.1 Å². The zero-order valence-corrected chi connectivity index (χ0v) is 13.6. The summed E-state index contributed by atoms with van der Waals surface area (Å²) in [5.41, 5.74) is -0.267. The fourth-order valence-electron chi connectivity index (χ4n) is 3.23. The fourth-order valence-corrected chi connectivity index (χ4v) is 3.83. The van der Waals surface area contributed by atoms with Gasteiger partial charge in [-0.1, -0.05) is 6.07 Å². The first kappa shape index (κ1) is 15.8. The lowest BCUT2D eigenvalue weighted by molar-refractivity contribution is -0.138. The molecule has 22 heavy (non-hydrogen) atoms. The van der Waals surface area contributed by atoms with Gasteiger partial charge in [-0.3, -0.25) is 4.79 Å². The van der Waals surface area contributed by atoms with Crippen LogP contribution in [-0.4, -0.2) is 55.1 Å². The van der Waals surface area contributed by atoms with E-state index in [0.717, 1.165) is 6.42 Å². The largest absolute Gasteiger partial charge is 0.378 e. The second kappa shape index (κ2) is 6.18. The topological polar surface area (TPSA) is 38.8 Å². The first-order chi connectivity index (χ1) is 10.5. The van der Waals surface area contributed by atoms with Crippen LogP contribution >= 0.6 is 11.8 Å². The van der Waals surface area contributed by atoms with Crippen molar-refractivity contribution in [1.29, 1.82) is 0 Å². The van der Waals surface area contributed by atoms with Crippen molar-refractivity contribution in [3.8, 4) is 0 Å². The van der Waals surface area contributed by atoms with Crippen molar-refractivity contribution in [2.24, 2.45) is 0 Å². The van der Waals surface area contributed by atoms with Crippen LogP contribution in [0.4, 0.5) is 4.39 Å². The van der Waals surface area contributed by atoms with Crippen molar-refractivity contribution in [3.63, 3.8) is 0 Å². The van der Waals surface area contributed by atoms with Crippen LogP contribution in [0.1, 0.15) is 23.7 Å². The standard InChI is InChI=1S/C16H20FNO3S/c1-11-8-18(9-16(21-11)6-7-20-10-16)15(19)14-12(17)4-3-5-13(14)22-2/h3-5,11H,6-10H2,1-2H3/t11-,16+/m1/s1. The maximum Gasteiger partial charge on any atom is 0.258 e. The first-order valence-electron chi connectivity index (χ1n) is 7.42. The normalized spacial score (nSPS) is 28.3. The highest BCUT2D eigenvalue weighted by Gasteiger charge is 2.44. The highest BCUT2D eigenvalue weighted by atomic mass is 32.2. The van der Waals surface area contributed by atoms with Gasteiger partial charge in [0.2, 0.25) is 0 Å². The minimum atomic E-state index is -0.465. The Morgan fingerprint density at radius 2 is 2.32 bits per heavy atom. The van der Waals surface area contributed by atoms with E-state index in [9.17, 15) is 9.18 Å². The second-order valence-electron chi connectivity index (χ2n) is 5.92. The molecule has 0 radical (unpaired) electrons. The Balaban J connectivity index is 1.88. The molecule has 0 saturated carbocycles. The molecule has 2 fully saturated rings. The van der Waals surface area contributed by atoms with Crippen molar-refractivity contribution in [2.75, 3.05) is 32.6 Å². The molecule has 2 aliphatic rings. The minimum absolute atomic E-state index is 0.0797. The number of morpholine rings is 1. The number of carbonyl (C=O) groups excluding carboxylic acids is 1. The lowest BCUT2D eigenvalue weighted by Crippen LogP contribution is -2.57. The number of ether oxygens (including phenoxy) is 2. The van der Waals surface area contributed by atoms with Crippen molar-refractivity contribution < 1.29 is 18.7 Å². The predicted molar refractivity (Wildman–Crippen MR) is 82.8 cm³/mol. The fraction of sp³-hybridized carbons (Fsp3) is 0.562. The van der Waals surface area contributed by atoms with Gasteiger partial charge in [0.1, 0.15) is 11.4 Å². The highest BCUT2D eigenvalue weighted by molar-refractivity contribution is 7.98. The van der Waals surface area contributed by atoms with E-state index in [1.54, 1.807) is 17.0 Å². The van der Waals surface area contributed by atoms with Gasteiger partial charge in [0, 0.05) is 24.5 Å². The lowest BCUT2D eigenvalue weighted by atomic mass is 9.98. The van der Waals surface area contributed by atoms with Crippen molar-refractivity contribution >= 4 is 17.7 Å². The summed E-state index contributed by atoms with van der Waals surface area (Å²) in [4.78, 5) is 15.2. The number of amides is 1. The third-order valence-corrected chi connectivity index (χ3v) is 4.95. The molecule has 1 aromatic rings. The quantitative estimate of drug-likeness (QED) is 0.784. The van der Waals surface area contributed by atoms with Crippen LogP contribution in [0.2, 0.25) is 0 Å². The molecule has 1 spiro atoms. The first-order valence-corrected chi connectivity index (χ1v) is 8.64. The maximum atomic E-state index is 14.2. The van der Waals surface area contributed by atoms with Gasteiger partial charge in [0.15, 0.2) is 0 Å².